The van der Waals surface area contributed by atoms with E-state index in [0.29, 0.717) is 24.4 Å². The number of ether oxygens (including phenoxy) is 1. The van der Waals surface area contributed by atoms with Gasteiger partial charge in [-0.3, -0.25) is 14.6 Å². The number of H-pyrrole nitrogens is 2. The molecule has 2 saturated heterocycles. The van der Waals surface area contributed by atoms with Crippen molar-refractivity contribution in [3.8, 4) is 11.1 Å². The number of carbonyl (C=O) groups excluding carboxylic acids is 2. The van der Waals surface area contributed by atoms with Crippen LogP contribution in [0, 0.1) is 11.8 Å². The molecule has 2 saturated carbocycles. The van der Waals surface area contributed by atoms with E-state index in [1.165, 1.54) is 6.42 Å². The molecule has 2 aromatic heterocycles. The van der Waals surface area contributed by atoms with Gasteiger partial charge in [0.25, 0.3) is 0 Å². The van der Waals surface area contributed by atoms with Gasteiger partial charge in [0.15, 0.2) is 5.78 Å². The van der Waals surface area contributed by atoms with Gasteiger partial charge in [0.05, 0.1) is 40.7 Å². The topological polar surface area (TPSA) is 107 Å². The van der Waals surface area contributed by atoms with E-state index in [4.69, 9.17) is 14.7 Å². The van der Waals surface area contributed by atoms with E-state index in [-0.39, 0.29) is 30.0 Å². The van der Waals surface area contributed by atoms with Crippen LogP contribution in [0.15, 0.2) is 91.0 Å². The van der Waals surface area contributed by atoms with Crippen molar-refractivity contribution in [1.29, 1.82) is 0 Å². The van der Waals surface area contributed by atoms with E-state index >= 15 is 0 Å². The molecule has 2 N–H and O–H groups in total. The number of amides is 1. The number of benzene rings is 5. The summed E-state index contributed by atoms with van der Waals surface area (Å²) < 4.78 is 5.80. The Morgan fingerprint density at radius 2 is 1.28 bits per heavy atom. The molecule has 2 aliphatic heterocycles. The molecule has 0 radical (unpaired) electrons. The maximum atomic E-state index is 13.2. The molecular formula is C45H42N6O3. The zero-order valence-electron chi connectivity index (χ0n) is 30.7. The Morgan fingerprint density at radius 3 is 1.91 bits per heavy atom. The zero-order chi connectivity index (χ0) is 36.5. The number of likely N-dealkylation sites (tertiary alicyclic amines) is 2. The summed E-state index contributed by atoms with van der Waals surface area (Å²) in [7, 11) is 0. The number of rotatable bonds is 6. The lowest BCUT2D eigenvalue weighted by Crippen LogP contribution is -2.38. The zero-order valence-corrected chi connectivity index (χ0v) is 30.7. The summed E-state index contributed by atoms with van der Waals surface area (Å²) in [4.78, 5) is 48.2. The molecule has 54 heavy (non-hydrogen) atoms. The first kappa shape index (κ1) is 31.9. The van der Waals surface area contributed by atoms with E-state index in [1.807, 2.05) is 56.0 Å². The lowest BCUT2D eigenvalue weighted by molar-refractivity contribution is 0.0175. The van der Waals surface area contributed by atoms with Gasteiger partial charge >= 0.3 is 6.09 Å². The third-order valence-electron chi connectivity index (χ3n) is 12.3. The molecule has 6 atom stereocenters. The van der Waals surface area contributed by atoms with Crippen molar-refractivity contribution in [2.75, 3.05) is 6.54 Å². The smallest absolute Gasteiger partial charge is 0.411 e. The molecule has 4 aliphatic rings. The molecule has 4 fully saturated rings. The van der Waals surface area contributed by atoms with Crippen molar-refractivity contribution in [2.45, 2.75) is 76.2 Å². The van der Waals surface area contributed by atoms with E-state index in [0.717, 1.165) is 91.2 Å². The van der Waals surface area contributed by atoms with Crippen LogP contribution in [0.5, 0.6) is 0 Å². The molecule has 2 aliphatic carbocycles. The summed E-state index contributed by atoms with van der Waals surface area (Å²) in [6, 6.07) is 32.1. The van der Waals surface area contributed by atoms with Crippen molar-refractivity contribution in [1.82, 2.24) is 29.7 Å². The van der Waals surface area contributed by atoms with Crippen molar-refractivity contribution in [3.63, 3.8) is 0 Å². The highest BCUT2D eigenvalue weighted by Gasteiger charge is 2.56. The summed E-state index contributed by atoms with van der Waals surface area (Å²) in [5.74, 6) is 3.13. The average molecular weight is 715 g/mol. The highest BCUT2D eigenvalue weighted by molar-refractivity contribution is 6.07. The second-order valence-electron chi connectivity index (χ2n) is 17.0. The number of nitrogens with zero attached hydrogens (tertiary/aromatic N) is 4. The van der Waals surface area contributed by atoms with Gasteiger partial charge in [0.2, 0.25) is 0 Å². The number of imidazole rings is 2. The van der Waals surface area contributed by atoms with Crippen LogP contribution in [0.1, 0.15) is 80.5 Å². The third kappa shape index (κ3) is 5.23. The van der Waals surface area contributed by atoms with Crippen LogP contribution in [0.4, 0.5) is 4.79 Å². The van der Waals surface area contributed by atoms with Gasteiger partial charge in [0.1, 0.15) is 17.2 Å². The lowest BCUT2D eigenvalue weighted by atomic mass is 9.98. The number of hydrogen-bond donors (Lipinski definition) is 2. The predicted molar refractivity (Wildman–Crippen MR) is 210 cm³/mol. The molecule has 1 amide bonds. The Hall–Kier alpha value is -5.54. The summed E-state index contributed by atoms with van der Waals surface area (Å²) >= 11 is 0. The van der Waals surface area contributed by atoms with Gasteiger partial charge in [-0.2, -0.15) is 0 Å². The minimum absolute atomic E-state index is 0.105. The van der Waals surface area contributed by atoms with Crippen molar-refractivity contribution in [3.05, 3.63) is 108 Å². The fourth-order valence-corrected chi connectivity index (χ4v) is 9.52. The monoisotopic (exact) mass is 714 g/mol. The van der Waals surface area contributed by atoms with Crippen LogP contribution < -0.4 is 0 Å². The van der Waals surface area contributed by atoms with Gasteiger partial charge < -0.3 is 14.7 Å². The Kier molecular flexibility index (Phi) is 6.79. The number of aromatic amines is 2. The number of Topliss-reactive ketones (excluding diaryl/α,β-unsaturated/α-hetero) is 1. The number of hydrogen-bond acceptors (Lipinski definition) is 6. The van der Waals surface area contributed by atoms with Crippen LogP contribution in [0.2, 0.25) is 0 Å². The van der Waals surface area contributed by atoms with Crippen LogP contribution in [0.25, 0.3) is 54.7 Å². The Labute approximate surface area is 312 Å². The highest BCUT2D eigenvalue weighted by Crippen LogP contribution is 2.54. The first-order valence-electron chi connectivity index (χ1n) is 19.4. The number of piperidine rings is 2. The van der Waals surface area contributed by atoms with E-state index < -0.39 is 5.60 Å². The molecule has 0 spiro atoms. The Bertz CT molecular complexity index is 2670. The predicted octanol–water partition coefficient (Wildman–Crippen LogP) is 9.50. The molecule has 9 heteroatoms. The maximum absolute atomic E-state index is 13.2. The van der Waals surface area contributed by atoms with E-state index in [2.05, 4.69) is 75.5 Å². The van der Waals surface area contributed by atoms with Crippen molar-refractivity contribution in [2.24, 2.45) is 11.8 Å². The quantitative estimate of drug-likeness (QED) is 0.166. The van der Waals surface area contributed by atoms with Gasteiger partial charge in [-0.25, -0.2) is 14.8 Å². The first-order chi connectivity index (χ1) is 26.1. The summed E-state index contributed by atoms with van der Waals surface area (Å²) in [5, 5.41) is 4.46. The molecular weight excluding hydrogens is 673 g/mol. The van der Waals surface area contributed by atoms with Gasteiger partial charge in [0, 0.05) is 28.4 Å². The first-order valence-corrected chi connectivity index (χ1v) is 19.4. The second kappa shape index (κ2) is 11.5. The van der Waals surface area contributed by atoms with Gasteiger partial charge in [-0.15, -0.1) is 0 Å². The normalized spacial score (nSPS) is 24.8. The maximum Gasteiger partial charge on any atom is 0.411 e. The van der Waals surface area contributed by atoms with Crippen molar-refractivity contribution < 1.29 is 14.3 Å². The van der Waals surface area contributed by atoms with E-state index in [1.54, 1.807) is 0 Å². The van der Waals surface area contributed by atoms with Gasteiger partial charge in [-0.1, -0.05) is 66.7 Å². The molecule has 0 bridgehead atoms. The van der Waals surface area contributed by atoms with Gasteiger partial charge in [-0.05, 0) is 104 Å². The fourth-order valence-electron chi connectivity index (χ4n) is 9.52. The van der Waals surface area contributed by atoms with Crippen LogP contribution in [-0.2, 0) is 4.74 Å². The summed E-state index contributed by atoms with van der Waals surface area (Å²) in [6.07, 6.45) is 3.91. The largest absolute Gasteiger partial charge is 0.444 e. The van der Waals surface area contributed by atoms with Crippen LogP contribution in [0.3, 0.4) is 0 Å². The number of fused-ring (bicyclic) bond motifs is 8. The lowest BCUT2D eigenvalue weighted by Gasteiger charge is -2.29. The standard InChI is InChI=1S/C45H42N6O3/c1-45(2,3)54-44(53)51-36-20-30(36)22-38(51)43-47-34-16-12-28-18-26(10-14-32(28)41(34)49-43)25-9-13-31-27(17-25)11-15-33-40(31)48-42(46-33)37-21-29-19-35(29)50(37)23-39(52)24-7-5-4-6-8-24/h4-18,29-30,35-38H,19-23H2,1-3H3,(H,46,48)(H,47,49)/t29-,30-,35-,36-,37+,38+/m1/s1. The minimum Gasteiger partial charge on any atom is -0.444 e. The molecule has 270 valence electrons. The summed E-state index contributed by atoms with van der Waals surface area (Å²) in [6.45, 7) is 6.17. The average Bonchev–Trinajstić information content (AvgIpc) is 3.83. The molecule has 9 nitrogen and oxygen atoms in total. The molecule has 11 rings (SSSR count). The molecule has 5 aromatic carbocycles. The molecule has 7 aromatic rings. The molecule has 0 unspecified atom stereocenters. The Balaban J connectivity index is 0.874. The number of nitrogens with one attached hydrogen (secondary N) is 2. The third-order valence-corrected chi connectivity index (χ3v) is 12.3. The second-order valence-corrected chi connectivity index (χ2v) is 17.0. The fraction of sp³-hybridized carbons (Fsp3) is 0.333. The number of ketones is 1. The summed E-state index contributed by atoms with van der Waals surface area (Å²) in [5.41, 5.74) is 6.41. The SMILES string of the molecule is CC(C)(C)OC(=O)N1[C@@H]2C[C@@H]2C[C@H]1c1nc2c(ccc3cc(-c4ccc5c(ccc6[nH]c([C@@H]7C[C@H]8C[C@H]8N7CC(=O)c7ccccc7)nc65)c4)ccc32)[nH]1. The van der Waals surface area contributed by atoms with Crippen LogP contribution >= 0.6 is 0 Å². The van der Waals surface area contributed by atoms with Crippen LogP contribution in [-0.4, -0.2) is 65.8 Å². The molecule has 4 heterocycles. The highest BCUT2D eigenvalue weighted by atomic mass is 16.6. The minimum atomic E-state index is -0.541. The van der Waals surface area contributed by atoms with E-state index in [9.17, 15) is 9.59 Å². The number of aromatic nitrogens is 4. The Morgan fingerprint density at radius 1 is 0.704 bits per heavy atom. The number of carbonyl (C=O) groups is 2. The van der Waals surface area contributed by atoms with Crippen molar-refractivity contribution >= 4 is 55.5 Å².